The summed E-state index contributed by atoms with van der Waals surface area (Å²) in [6, 6.07) is 3.89. The van der Waals surface area contributed by atoms with E-state index < -0.39 is 17.3 Å². The van der Waals surface area contributed by atoms with Crippen LogP contribution in [0.1, 0.15) is 26.3 Å². The molecule has 1 aromatic carbocycles. The van der Waals surface area contributed by atoms with Gasteiger partial charge in [-0.25, -0.2) is 4.39 Å². The molecular formula is C18H23FN2O3. The van der Waals surface area contributed by atoms with E-state index >= 15 is 0 Å². The Bertz CT molecular complexity index is 724. The number of aromatic hydroxyl groups is 1. The van der Waals surface area contributed by atoms with Gasteiger partial charge >= 0.3 is 0 Å². The van der Waals surface area contributed by atoms with Crippen molar-refractivity contribution in [2.45, 2.75) is 30.9 Å². The molecule has 1 aliphatic carbocycles. The van der Waals surface area contributed by atoms with Gasteiger partial charge in [0.2, 0.25) is 5.91 Å². The molecule has 0 bridgehead atoms. The predicted octanol–water partition coefficient (Wildman–Crippen LogP) is 2.32. The zero-order valence-corrected chi connectivity index (χ0v) is 13.6. The first-order valence-electron chi connectivity index (χ1n) is 8.27. The minimum atomic E-state index is -1.03. The number of nitrogens with zero attached hydrogens (tertiary/aromatic N) is 1. The van der Waals surface area contributed by atoms with Crippen molar-refractivity contribution in [1.29, 1.82) is 0 Å². The van der Waals surface area contributed by atoms with E-state index in [0.29, 0.717) is 18.2 Å². The Morgan fingerprint density at radius 3 is 2.96 bits per heavy atom. The Morgan fingerprint density at radius 2 is 2.25 bits per heavy atom. The number of carbonyl (C=O) groups excluding carboxylic acids is 1. The van der Waals surface area contributed by atoms with Crippen LogP contribution in [0.4, 0.5) is 4.39 Å². The molecular weight excluding hydrogens is 311 g/mol. The summed E-state index contributed by atoms with van der Waals surface area (Å²) in [6.07, 6.45) is 2.82. The SMILES string of the molecule is C=C1N[C@@]2(c3cc(O)ccc3F)CO[C@@H](C3CC3)C[C@H]2C(=O)N1C.[HH]. The predicted molar refractivity (Wildman–Crippen MR) is 87.5 cm³/mol. The van der Waals surface area contributed by atoms with E-state index in [9.17, 15) is 14.3 Å². The molecule has 0 aromatic heterocycles. The number of phenolic OH excluding ortho intramolecular Hbond substituents is 1. The van der Waals surface area contributed by atoms with E-state index in [-0.39, 0.29) is 31.4 Å². The van der Waals surface area contributed by atoms with Crippen LogP contribution < -0.4 is 5.32 Å². The van der Waals surface area contributed by atoms with Crippen molar-refractivity contribution in [3.63, 3.8) is 0 Å². The van der Waals surface area contributed by atoms with Gasteiger partial charge in [0.15, 0.2) is 0 Å². The first-order valence-corrected chi connectivity index (χ1v) is 8.27. The summed E-state index contributed by atoms with van der Waals surface area (Å²) in [5, 5.41) is 13.0. The topological polar surface area (TPSA) is 61.8 Å². The van der Waals surface area contributed by atoms with Gasteiger partial charge in [0, 0.05) is 14.0 Å². The molecule has 1 saturated carbocycles. The molecule has 4 rings (SSSR count). The summed E-state index contributed by atoms with van der Waals surface area (Å²) in [4.78, 5) is 14.4. The summed E-state index contributed by atoms with van der Waals surface area (Å²) in [5.74, 6) is -0.140. The van der Waals surface area contributed by atoms with Crippen LogP contribution in [0.3, 0.4) is 0 Å². The highest BCUT2D eigenvalue weighted by Crippen LogP contribution is 2.48. The maximum atomic E-state index is 14.6. The van der Waals surface area contributed by atoms with Crippen LogP contribution in [0.25, 0.3) is 0 Å². The van der Waals surface area contributed by atoms with Crippen LogP contribution in [-0.2, 0) is 15.1 Å². The monoisotopic (exact) mass is 334 g/mol. The van der Waals surface area contributed by atoms with Crippen molar-refractivity contribution < 1.29 is 20.5 Å². The Balaban J connectivity index is 0.00000182. The van der Waals surface area contributed by atoms with Gasteiger partial charge < -0.3 is 20.1 Å². The maximum absolute atomic E-state index is 14.6. The second-order valence-corrected chi connectivity index (χ2v) is 7.08. The zero-order valence-electron chi connectivity index (χ0n) is 13.6. The summed E-state index contributed by atoms with van der Waals surface area (Å²) < 4.78 is 20.6. The molecule has 6 heteroatoms. The second-order valence-electron chi connectivity index (χ2n) is 7.08. The number of nitrogens with one attached hydrogen (secondary N) is 1. The molecule has 2 aliphatic heterocycles. The number of benzene rings is 1. The second kappa shape index (κ2) is 5.21. The fourth-order valence-corrected chi connectivity index (χ4v) is 3.97. The number of amides is 1. The normalized spacial score (nSPS) is 33.2. The van der Waals surface area contributed by atoms with Gasteiger partial charge in [-0.2, -0.15) is 0 Å². The summed E-state index contributed by atoms with van der Waals surface area (Å²) in [7, 11) is 1.67. The highest BCUT2D eigenvalue weighted by Gasteiger charge is 2.56. The maximum Gasteiger partial charge on any atom is 0.233 e. The van der Waals surface area contributed by atoms with Crippen LogP contribution in [0, 0.1) is 17.7 Å². The molecule has 0 spiro atoms. The van der Waals surface area contributed by atoms with E-state index in [1.165, 1.54) is 23.1 Å². The average molecular weight is 334 g/mol. The number of carbonyl (C=O) groups is 1. The van der Waals surface area contributed by atoms with Crippen LogP contribution in [-0.4, -0.2) is 35.7 Å². The molecule has 1 amide bonds. The van der Waals surface area contributed by atoms with Crippen molar-refractivity contribution in [3.8, 4) is 5.75 Å². The third-order valence-corrected chi connectivity index (χ3v) is 5.57. The molecule has 130 valence electrons. The van der Waals surface area contributed by atoms with Gasteiger partial charge in [0.05, 0.1) is 18.6 Å². The van der Waals surface area contributed by atoms with Crippen molar-refractivity contribution in [2.75, 3.05) is 13.7 Å². The van der Waals surface area contributed by atoms with Crippen molar-refractivity contribution in [2.24, 2.45) is 11.8 Å². The molecule has 0 radical (unpaired) electrons. The zero-order chi connectivity index (χ0) is 17.1. The first kappa shape index (κ1) is 15.4. The fraction of sp³-hybridized carbons (Fsp3) is 0.500. The Labute approximate surface area is 141 Å². The molecule has 3 atom stereocenters. The minimum Gasteiger partial charge on any atom is -0.508 e. The number of rotatable bonds is 2. The fourth-order valence-electron chi connectivity index (χ4n) is 3.97. The van der Waals surface area contributed by atoms with Crippen LogP contribution in [0.15, 0.2) is 30.6 Å². The lowest BCUT2D eigenvalue weighted by Crippen LogP contribution is -2.66. The lowest BCUT2D eigenvalue weighted by atomic mass is 9.71. The van der Waals surface area contributed by atoms with Crippen LogP contribution >= 0.6 is 0 Å². The van der Waals surface area contributed by atoms with E-state index in [1.54, 1.807) is 7.05 Å². The van der Waals surface area contributed by atoms with Gasteiger partial charge in [0.1, 0.15) is 22.9 Å². The van der Waals surface area contributed by atoms with Gasteiger partial charge in [0.25, 0.3) is 0 Å². The van der Waals surface area contributed by atoms with Gasteiger partial charge in [-0.05, 0) is 43.4 Å². The van der Waals surface area contributed by atoms with Crippen molar-refractivity contribution >= 4 is 5.91 Å². The minimum absolute atomic E-state index is 0. The van der Waals surface area contributed by atoms with E-state index in [1.807, 2.05) is 0 Å². The molecule has 2 N–H and O–H groups in total. The number of phenols is 1. The first-order chi connectivity index (χ1) is 11.4. The standard InChI is InChI=1S/C18H21FN2O3.H2/c1-10-20-18(13-7-12(22)5-6-15(13)19)9-24-16(11-3-4-11)8-14(18)17(23)21(10)2;/h5-7,11,14,16,20,22H,1,3-4,8-9H2,2H3;1H/t14-,16+,18+;/m0./s1. The molecule has 0 unspecified atom stereocenters. The highest BCUT2D eigenvalue weighted by atomic mass is 19.1. The number of ether oxygens (including phenoxy) is 1. The Morgan fingerprint density at radius 1 is 1.50 bits per heavy atom. The van der Waals surface area contributed by atoms with Gasteiger partial charge in [-0.15, -0.1) is 0 Å². The molecule has 5 nitrogen and oxygen atoms in total. The number of fused-ring (bicyclic) bond motifs is 1. The number of halogens is 1. The quantitative estimate of drug-likeness (QED) is 0.871. The molecule has 24 heavy (non-hydrogen) atoms. The number of hydrogen-bond acceptors (Lipinski definition) is 4. The van der Waals surface area contributed by atoms with Crippen molar-refractivity contribution in [1.82, 2.24) is 10.2 Å². The molecule has 3 aliphatic rings. The largest absolute Gasteiger partial charge is 0.508 e. The Kier molecular flexibility index (Phi) is 3.35. The van der Waals surface area contributed by atoms with E-state index in [4.69, 9.17) is 4.74 Å². The average Bonchev–Trinajstić information content (AvgIpc) is 3.40. The summed E-state index contributed by atoms with van der Waals surface area (Å²) >= 11 is 0. The third kappa shape index (κ3) is 2.20. The lowest BCUT2D eigenvalue weighted by Gasteiger charge is -2.52. The highest BCUT2D eigenvalue weighted by molar-refractivity contribution is 5.83. The molecule has 2 heterocycles. The summed E-state index contributed by atoms with van der Waals surface area (Å²) in [5.41, 5.74) is -0.779. The van der Waals surface area contributed by atoms with E-state index in [0.717, 1.165) is 12.8 Å². The number of hydrogen-bond donors (Lipinski definition) is 2. The third-order valence-electron chi connectivity index (χ3n) is 5.57. The smallest absolute Gasteiger partial charge is 0.233 e. The van der Waals surface area contributed by atoms with Crippen molar-refractivity contribution in [3.05, 3.63) is 42.0 Å². The van der Waals surface area contributed by atoms with Crippen LogP contribution in [0.2, 0.25) is 0 Å². The summed E-state index contributed by atoms with van der Waals surface area (Å²) in [6.45, 7) is 4.06. The van der Waals surface area contributed by atoms with Gasteiger partial charge in [-0.3, -0.25) is 4.79 Å². The van der Waals surface area contributed by atoms with Gasteiger partial charge in [-0.1, -0.05) is 6.58 Å². The van der Waals surface area contributed by atoms with E-state index in [2.05, 4.69) is 11.9 Å². The lowest BCUT2D eigenvalue weighted by molar-refractivity contribution is -0.155. The molecule has 1 aromatic rings. The molecule has 3 fully saturated rings. The Hall–Kier alpha value is -2.08. The molecule has 2 saturated heterocycles. The van der Waals surface area contributed by atoms with Crippen LogP contribution in [0.5, 0.6) is 5.75 Å².